The molecule has 6 heteroatoms. The second kappa shape index (κ2) is 7.03. The van der Waals surface area contributed by atoms with E-state index in [0.29, 0.717) is 10.6 Å². The Balaban J connectivity index is 2.22. The maximum atomic E-state index is 12.3. The number of ether oxygens (including phenoxy) is 1. The standard InChI is InChI=1S/C16H14N2O4/c1-22-16(21)18(15(20)13-10-6-3-7-11-13)17-14(19)12-8-4-2-5-9-12/h2-11H,1H3,(H,17,19). The molecule has 0 unspecified atom stereocenters. The zero-order valence-electron chi connectivity index (χ0n) is 11.9. The van der Waals surface area contributed by atoms with Crippen LogP contribution in [0.5, 0.6) is 0 Å². The smallest absolute Gasteiger partial charge is 0.436 e. The Morgan fingerprint density at radius 3 is 1.86 bits per heavy atom. The molecule has 1 N–H and O–H groups in total. The first-order chi connectivity index (χ1) is 10.6. The van der Waals surface area contributed by atoms with Gasteiger partial charge < -0.3 is 4.74 Å². The molecule has 0 aromatic heterocycles. The van der Waals surface area contributed by atoms with Gasteiger partial charge in [0.05, 0.1) is 7.11 Å². The van der Waals surface area contributed by atoms with Gasteiger partial charge in [0.1, 0.15) is 0 Å². The minimum atomic E-state index is -0.974. The number of methoxy groups -OCH3 is 1. The van der Waals surface area contributed by atoms with E-state index in [1.165, 1.54) is 12.1 Å². The Labute approximate surface area is 127 Å². The van der Waals surface area contributed by atoms with Crippen LogP contribution >= 0.6 is 0 Å². The second-order valence-electron chi connectivity index (χ2n) is 4.28. The van der Waals surface area contributed by atoms with Crippen molar-refractivity contribution in [2.75, 3.05) is 7.11 Å². The van der Waals surface area contributed by atoms with Crippen molar-refractivity contribution in [2.45, 2.75) is 0 Å². The van der Waals surface area contributed by atoms with Crippen LogP contribution in [0.4, 0.5) is 4.79 Å². The van der Waals surface area contributed by atoms with E-state index in [9.17, 15) is 14.4 Å². The highest BCUT2D eigenvalue weighted by atomic mass is 16.5. The van der Waals surface area contributed by atoms with E-state index < -0.39 is 17.9 Å². The number of hydrogen-bond donors (Lipinski definition) is 1. The number of amides is 3. The summed E-state index contributed by atoms with van der Waals surface area (Å²) in [5.41, 5.74) is 2.82. The van der Waals surface area contributed by atoms with Crippen molar-refractivity contribution < 1.29 is 19.1 Å². The van der Waals surface area contributed by atoms with Gasteiger partial charge in [-0.05, 0) is 24.3 Å². The monoisotopic (exact) mass is 298 g/mol. The van der Waals surface area contributed by atoms with Crippen LogP contribution in [-0.2, 0) is 4.74 Å². The number of hydrogen-bond acceptors (Lipinski definition) is 4. The summed E-state index contributed by atoms with van der Waals surface area (Å²) in [7, 11) is 1.13. The van der Waals surface area contributed by atoms with E-state index in [-0.39, 0.29) is 5.56 Å². The highest BCUT2D eigenvalue weighted by Crippen LogP contribution is 2.06. The fraction of sp³-hybridized carbons (Fsp3) is 0.0625. The highest BCUT2D eigenvalue weighted by molar-refractivity contribution is 6.05. The summed E-state index contributed by atoms with van der Waals surface area (Å²) in [5, 5.41) is 0.546. The Morgan fingerprint density at radius 2 is 1.36 bits per heavy atom. The van der Waals surface area contributed by atoms with Crippen LogP contribution in [0.25, 0.3) is 0 Å². The summed E-state index contributed by atoms with van der Waals surface area (Å²) < 4.78 is 4.54. The van der Waals surface area contributed by atoms with Gasteiger partial charge in [0.25, 0.3) is 11.8 Å². The molecule has 22 heavy (non-hydrogen) atoms. The third kappa shape index (κ3) is 3.49. The summed E-state index contributed by atoms with van der Waals surface area (Å²) >= 11 is 0. The molecule has 2 rings (SSSR count). The predicted molar refractivity (Wildman–Crippen MR) is 78.9 cm³/mol. The van der Waals surface area contributed by atoms with Gasteiger partial charge in [-0.1, -0.05) is 36.4 Å². The van der Waals surface area contributed by atoms with Crippen LogP contribution in [0.1, 0.15) is 20.7 Å². The van der Waals surface area contributed by atoms with Crippen molar-refractivity contribution in [1.82, 2.24) is 10.4 Å². The molecule has 112 valence electrons. The van der Waals surface area contributed by atoms with Gasteiger partial charge in [0.2, 0.25) is 0 Å². The number of imide groups is 1. The van der Waals surface area contributed by atoms with Crippen molar-refractivity contribution in [3.05, 3.63) is 71.8 Å². The van der Waals surface area contributed by atoms with Gasteiger partial charge in [-0.2, -0.15) is 0 Å². The maximum Gasteiger partial charge on any atom is 0.436 e. The topological polar surface area (TPSA) is 75.7 Å². The molecule has 2 aromatic rings. The van der Waals surface area contributed by atoms with Crippen LogP contribution in [0.3, 0.4) is 0 Å². The Morgan fingerprint density at radius 1 is 0.864 bits per heavy atom. The SMILES string of the molecule is COC(=O)N(NC(=O)c1ccccc1)C(=O)c1ccccc1. The predicted octanol–water partition coefficient (Wildman–Crippen LogP) is 2.24. The van der Waals surface area contributed by atoms with Gasteiger partial charge in [0.15, 0.2) is 0 Å². The van der Waals surface area contributed by atoms with Crippen molar-refractivity contribution in [3.8, 4) is 0 Å². The fourth-order valence-corrected chi connectivity index (χ4v) is 1.74. The van der Waals surface area contributed by atoms with Crippen LogP contribution in [0.15, 0.2) is 60.7 Å². The van der Waals surface area contributed by atoms with E-state index >= 15 is 0 Å². The van der Waals surface area contributed by atoms with Crippen molar-refractivity contribution in [1.29, 1.82) is 0 Å². The lowest BCUT2D eigenvalue weighted by Crippen LogP contribution is -2.49. The number of nitrogens with one attached hydrogen (secondary N) is 1. The van der Waals surface area contributed by atoms with Gasteiger partial charge >= 0.3 is 6.09 Å². The summed E-state index contributed by atoms with van der Waals surface area (Å²) in [6.07, 6.45) is -0.974. The number of benzene rings is 2. The molecular weight excluding hydrogens is 284 g/mol. The molecule has 0 saturated carbocycles. The van der Waals surface area contributed by atoms with Crippen LogP contribution in [-0.4, -0.2) is 30.0 Å². The van der Waals surface area contributed by atoms with Crippen molar-refractivity contribution in [3.63, 3.8) is 0 Å². The van der Waals surface area contributed by atoms with Gasteiger partial charge in [0, 0.05) is 11.1 Å². The van der Waals surface area contributed by atoms with Crippen LogP contribution in [0, 0.1) is 0 Å². The summed E-state index contributed by atoms with van der Waals surface area (Å²) in [5.74, 6) is -1.27. The molecule has 0 aliphatic rings. The van der Waals surface area contributed by atoms with E-state index in [2.05, 4.69) is 10.2 Å². The Hall–Kier alpha value is -3.15. The van der Waals surface area contributed by atoms with Crippen molar-refractivity contribution >= 4 is 17.9 Å². The largest absolute Gasteiger partial charge is 0.451 e. The quantitative estimate of drug-likeness (QED) is 0.863. The lowest BCUT2D eigenvalue weighted by Gasteiger charge is -2.19. The normalized spacial score (nSPS) is 9.68. The molecule has 0 spiro atoms. The lowest BCUT2D eigenvalue weighted by atomic mass is 10.2. The Kier molecular flexibility index (Phi) is 4.87. The maximum absolute atomic E-state index is 12.3. The van der Waals surface area contributed by atoms with Gasteiger partial charge in [-0.3, -0.25) is 15.0 Å². The molecule has 0 heterocycles. The molecule has 3 amide bonds. The molecule has 0 atom stereocenters. The molecule has 6 nitrogen and oxygen atoms in total. The zero-order chi connectivity index (χ0) is 15.9. The molecule has 0 saturated heterocycles. The van der Waals surface area contributed by atoms with Crippen molar-refractivity contribution in [2.24, 2.45) is 0 Å². The molecule has 0 radical (unpaired) electrons. The van der Waals surface area contributed by atoms with Crippen LogP contribution in [0.2, 0.25) is 0 Å². The molecule has 0 aliphatic heterocycles. The van der Waals surface area contributed by atoms with Gasteiger partial charge in [-0.25, -0.2) is 4.79 Å². The summed E-state index contributed by atoms with van der Waals surface area (Å²) in [6.45, 7) is 0. The molecule has 2 aromatic carbocycles. The molecule has 0 bridgehead atoms. The second-order valence-corrected chi connectivity index (χ2v) is 4.28. The molecule has 0 fully saturated rings. The first-order valence-electron chi connectivity index (χ1n) is 6.47. The Bertz CT molecular complexity index is 671. The molecule has 0 aliphatic carbocycles. The number of hydrazine groups is 1. The van der Waals surface area contributed by atoms with E-state index in [1.807, 2.05) is 0 Å². The number of carbonyl (C=O) groups is 3. The highest BCUT2D eigenvalue weighted by Gasteiger charge is 2.26. The van der Waals surface area contributed by atoms with E-state index in [1.54, 1.807) is 48.5 Å². The van der Waals surface area contributed by atoms with Gasteiger partial charge in [-0.15, -0.1) is 5.01 Å². The number of rotatable bonds is 2. The summed E-state index contributed by atoms with van der Waals surface area (Å²) in [4.78, 5) is 36.2. The average molecular weight is 298 g/mol. The van der Waals surface area contributed by atoms with E-state index in [0.717, 1.165) is 7.11 Å². The number of carbonyl (C=O) groups excluding carboxylic acids is 3. The average Bonchev–Trinajstić information content (AvgIpc) is 2.59. The first-order valence-corrected chi connectivity index (χ1v) is 6.47. The first kappa shape index (κ1) is 15.2. The third-order valence-corrected chi connectivity index (χ3v) is 2.83. The lowest BCUT2D eigenvalue weighted by molar-refractivity contribution is 0.0539. The zero-order valence-corrected chi connectivity index (χ0v) is 11.9. The number of nitrogens with zero attached hydrogens (tertiary/aromatic N) is 1. The summed E-state index contributed by atoms with van der Waals surface area (Å²) in [6, 6.07) is 16.4. The minimum absolute atomic E-state index is 0.251. The van der Waals surface area contributed by atoms with Crippen LogP contribution < -0.4 is 5.43 Å². The third-order valence-electron chi connectivity index (χ3n) is 2.83. The minimum Gasteiger partial charge on any atom is -0.451 e. The fourth-order valence-electron chi connectivity index (χ4n) is 1.74. The molecular formula is C16H14N2O4. The van der Waals surface area contributed by atoms with E-state index in [4.69, 9.17) is 0 Å².